The van der Waals surface area contributed by atoms with Gasteiger partial charge in [-0.15, -0.1) is 23.2 Å². The van der Waals surface area contributed by atoms with Gasteiger partial charge in [0.25, 0.3) is 0 Å². The van der Waals surface area contributed by atoms with Gasteiger partial charge in [-0.2, -0.15) is 0 Å². The van der Waals surface area contributed by atoms with Gasteiger partial charge in [0.1, 0.15) is 0 Å². The minimum Gasteiger partial charge on any atom is -0.218 e. The van der Waals surface area contributed by atoms with Gasteiger partial charge < -0.3 is 0 Å². The van der Waals surface area contributed by atoms with E-state index in [1.165, 1.54) is 0 Å². The molecule has 0 heterocycles. The molecule has 0 atom stereocenters. The molecule has 0 saturated carbocycles. The maximum atomic E-state index is 5.55. The van der Waals surface area contributed by atoms with Crippen molar-refractivity contribution in [3.63, 3.8) is 0 Å². The van der Waals surface area contributed by atoms with E-state index >= 15 is 0 Å². The zero-order valence-corrected chi connectivity index (χ0v) is 6.68. The van der Waals surface area contributed by atoms with E-state index in [0.717, 1.165) is 0 Å². The number of nitrogens with zero attached hydrogens (tertiary/aromatic N) is 1. The molecule has 0 bridgehead atoms. The summed E-state index contributed by atoms with van der Waals surface area (Å²) in [5.41, 5.74) is 0. The van der Waals surface area contributed by atoms with Gasteiger partial charge in [-0.05, 0) is 11.8 Å². The molecule has 0 N–H and O–H groups in total. The topological polar surface area (TPSA) is 3.24 Å². The lowest BCUT2D eigenvalue weighted by molar-refractivity contribution is 0.513. The molecule has 0 unspecified atom stereocenters. The Hall–Kier alpha value is 0.830. The van der Waals surface area contributed by atoms with Crippen LogP contribution in [0.3, 0.4) is 0 Å². The lowest BCUT2D eigenvalue weighted by Crippen LogP contribution is -2.16. The van der Waals surface area contributed by atoms with Gasteiger partial charge in [0.15, 0.2) is 0 Å². The first-order chi connectivity index (χ1) is 3.81. The molecule has 0 aliphatic heterocycles. The zero-order valence-electron chi connectivity index (χ0n) is 4.41. The molecule has 0 spiro atoms. The molecule has 0 aromatic rings. The lowest BCUT2D eigenvalue weighted by Gasteiger charge is -2.07. The van der Waals surface area contributed by atoms with Crippen molar-refractivity contribution < 1.29 is 0 Å². The fraction of sp³-hybridized carbons (Fsp3) is 1.00. The van der Waals surface area contributed by atoms with Crippen LogP contribution in [0.15, 0.2) is 0 Å². The molecule has 0 aromatic heterocycles. The molecule has 0 amide bonds. The number of halogens is 3. The first-order valence-electron chi connectivity index (χ1n) is 2.34. The summed E-state index contributed by atoms with van der Waals surface area (Å²) in [6, 6.07) is 0. The highest BCUT2D eigenvalue weighted by atomic mass is 35.5. The van der Waals surface area contributed by atoms with E-state index in [-0.39, 0.29) is 0 Å². The Morgan fingerprint density at radius 3 is 1.62 bits per heavy atom. The van der Waals surface area contributed by atoms with Crippen molar-refractivity contribution in [3.05, 3.63) is 0 Å². The maximum absolute atomic E-state index is 5.55. The van der Waals surface area contributed by atoms with Crippen LogP contribution in [0.5, 0.6) is 0 Å². The molecular formula is C4H8Cl3N. The summed E-state index contributed by atoms with van der Waals surface area (Å²) in [6.45, 7) is 1.38. The molecule has 0 aliphatic carbocycles. The van der Waals surface area contributed by atoms with E-state index in [0.29, 0.717) is 24.8 Å². The Morgan fingerprint density at radius 1 is 1.00 bits per heavy atom. The van der Waals surface area contributed by atoms with Crippen LogP contribution in [0.25, 0.3) is 0 Å². The van der Waals surface area contributed by atoms with Crippen molar-refractivity contribution >= 4 is 35.0 Å². The van der Waals surface area contributed by atoms with Crippen LogP contribution >= 0.6 is 35.0 Å². The van der Waals surface area contributed by atoms with Gasteiger partial charge in [-0.1, -0.05) is 0 Å². The average Bonchev–Trinajstić information content (AvgIpc) is 1.68. The summed E-state index contributed by atoms with van der Waals surface area (Å²) in [4.78, 5) is 0. The van der Waals surface area contributed by atoms with Crippen LogP contribution in [0.2, 0.25) is 0 Å². The largest absolute Gasteiger partial charge is 0.218 e. The third-order valence-electron chi connectivity index (χ3n) is 0.654. The minimum atomic E-state index is 0.556. The van der Waals surface area contributed by atoms with Crippen molar-refractivity contribution in [1.82, 2.24) is 4.42 Å². The van der Waals surface area contributed by atoms with E-state index < -0.39 is 0 Å². The standard InChI is InChI=1S/C4H8Cl3N/c5-1-3-8(7)4-2-6/h1-4H2. The monoisotopic (exact) mass is 175 g/mol. The van der Waals surface area contributed by atoms with Crippen molar-refractivity contribution in [2.24, 2.45) is 0 Å². The summed E-state index contributed by atoms with van der Waals surface area (Å²) in [5, 5.41) is 0. The van der Waals surface area contributed by atoms with Gasteiger partial charge in [0, 0.05) is 24.8 Å². The maximum Gasteiger partial charge on any atom is 0.0364 e. The van der Waals surface area contributed by atoms with Crippen LogP contribution in [0.1, 0.15) is 0 Å². The molecule has 0 rings (SSSR count). The van der Waals surface area contributed by atoms with E-state index in [1.807, 2.05) is 0 Å². The highest BCUT2D eigenvalue weighted by Crippen LogP contribution is 1.94. The highest BCUT2D eigenvalue weighted by molar-refractivity contribution is 6.20. The van der Waals surface area contributed by atoms with Crippen LogP contribution in [0, 0.1) is 0 Å². The smallest absolute Gasteiger partial charge is 0.0364 e. The fourth-order valence-electron chi connectivity index (χ4n) is 0.295. The Labute approximate surface area is 64.6 Å². The second-order valence-corrected chi connectivity index (χ2v) is 2.52. The van der Waals surface area contributed by atoms with Gasteiger partial charge >= 0.3 is 0 Å². The molecule has 0 aliphatic rings. The number of rotatable bonds is 4. The number of hydrogen-bond acceptors (Lipinski definition) is 1. The third-order valence-corrected chi connectivity index (χ3v) is 1.33. The Kier molecular flexibility index (Phi) is 6.58. The highest BCUT2D eigenvalue weighted by Gasteiger charge is 1.95. The second kappa shape index (κ2) is 5.96. The summed E-state index contributed by atoms with van der Waals surface area (Å²) in [7, 11) is 0. The summed E-state index contributed by atoms with van der Waals surface area (Å²) in [6.07, 6.45) is 0. The van der Waals surface area contributed by atoms with Crippen molar-refractivity contribution in [1.29, 1.82) is 0 Å². The molecule has 4 heteroatoms. The van der Waals surface area contributed by atoms with Crippen LogP contribution in [0.4, 0.5) is 0 Å². The van der Waals surface area contributed by atoms with Gasteiger partial charge in [-0.25, -0.2) is 4.42 Å². The normalized spacial score (nSPS) is 10.5. The van der Waals surface area contributed by atoms with Crippen LogP contribution in [-0.2, 0) is 0 Å². The first kappa shape index (κ1) is 8.83. The van der Waals surface area contributed by atoms with Gasteiger partial charge in [0.05, 0.1) is 0 Å². The number of hydrogen-bond donors (Lipinski definition) is 0. The van der Waals surface area contributed by atoms with E-state index in [2.05, 4.69) is 0 Å². The summed E-state index contributed by atoms with van der Waals surface area (Å²) < 4.78 is 1.57. The SMILES string of the molecule is ClCCN(Cl)CCCl. The van der Waals surface area contributed by atoms with Crippen LogP contribution < -0.4 is 0 Å². The van der Waals surface area contributed by atoms with Crippen molar-refractivity contribution in [2.45, 2.75) is 0 Å². The van der Waals surface area contributed by atoms with E-state index in [9.17, 15) is 0 Å². The average molecular weight is 176 g/mol. The Balaban J connectivity index is 2.92. The predicted octanol–water partition coefficient (Wildman–Crippen LogP) is 1.92. The molecular weight excluding hydrogens is 168 g/mol. The number of alkyl halides is 2. The molecule has 0 saturated heterocycles. The first-order valence-corrected chi connectivity index (χ1v) is 3.74. The summed E-state index contributed by atoms with van der Waals surface area (Å²) in [5.74, 6) is 1.11. The molecule has 0 radical (unpaired) electrons. The minimum absolute atomic E-state index is 0.556. The molecule has 50 valence electrons. The molecule has 0 aromatic carbocycles. The third kappa shape index (κ3) is 4.98. The zero-order chi connectivity index (χ0) is 6.41. The quantitative estimate of drug-likeness (QED) is 0.467. The predicted molar refractivity (Wildman–Crippen MR) is 38.9 cm³/mol. The Bertz CT molecular complexity index is 44.5. The van der Waals surface area contributed by atoms with Crippen molar-refractivity contribution in [2.75, 3.05) is 24.8 Å². The Morgan fingerprint density at radius 2 is 1.38 bits per heavy atom. The van der Waals surface area contributed by atoms with Gasteiger partial charge in [0.2, 0.25) is 0 Å². The van der Waals surface area contributed by atoms with E-state index in [4.69, 9.17) is 35.0 Å². The van der Waals surface area contributed by atoms with E-state index in [1.54, 1.807) is 4.42 Å². The molecule has 1 nitrogen and oxygen atoms in total. The fourth-order valence-corrected chi connectivity index (χ4v) is 1.05. The second-order valence-electron chi connectivity index (χ2n) is 1.29. The molecule has 0 fully saturated rings. The van der Waals surface area contributed by atoms with Crippen LogP contribution in [-0.4, -0.2) is 29.3 Å². The van der Waals surface area contributed by atoms with Crippen molar-refractivity contribution in [3.8, 4) is 0 Å². The van der Waals surface area contributed by atoms with Gasteiger partial charge in [-0.3, -0.25) is 0 Å². The lowest BCUT2D eigenvalue weighted by atomic mass is 10.7. The molecule has 8 heavy (non-hydrogen) atoms. The summed E-state index contributed by atoms with van der Waals surface area (Å²) >= 11 is 16.3.